The van der Waals surface area contributed by atoms with Crippen molar-refractivity contribution in [3.05, 3.63) is 29.6 Å². The molecule has 21 heavy (non-hydrogen) atoms. The highest BCUT2D eigenvalue weighted by molar-refractivity contribution is 5.96. The van der Waals surface area contributed by atoms with Gasteiger partial charge in [0.2, 0.25) is 0 Å². The molecule has 6 heteroatoms. The standard InChI is InChI=1S/C15H18N2O4/c1-2-21-14(19)6-3-8-17-15(20)13-7-9-16-11-12(13)5-4-10-18/h7,9,11,18H,2-3,6,8,10H2,1H3,(H,17,20). The molecule has 0 fully saturated rings. The number of nitrogens with one attached hydrogen (secondary N) is 1. The Bertz CT molecular complexity index is 546. The Balaban J connectivity index is 2.51. The number of hydrogen-bond acceptors (Lipinski definition) is 5. The zero-order chi connectivity index (χ0) is 15.5. The molecule has 0 unspecified atom stereocenters. The number of hydrogen-bond donors (Lipinski definition) is 2. The molecule has 1 amide bonds. The molecule has 0 spiro atoms. The van der Waals surface area contributed by atoms with E-state index in [1.54, 1.807) is 13.0 Å². The summed E-state index contributed by atoms with van der Waals surface area (Å²) in [6.07, 6.45) is 3.74. The van der Waals surface area contributed by atoms with E-state index in [1.165, 1.54) is 12.4 Å². The highest BCUT2D eigenvalue weighted by atomic mass is 16.5. The molecule has 0 aromatic carbocycles. The normalized spacial score (nSPS) is 9.43. The third kappa shape index (κ3) is 6.06. The van der Waals surface area contributed by atoms with Gasteiger partial charge in [0.25, 0.3) is 5.91 Å². The summed E-state index contributed by atoms with van der Waals surface area (Å²) in [5, 5.41) is 11.4. The lowest BCUT2D eigenvalue weighted by Gasteiger charge is -2.06. The summed E-state index contributed by atoms with van der Waals surface area (Å²) in [5.74, 6) is 4.59. The first kappa shape index (κ1) is 16.7. The largest absolute Gasteiger partial charge is 0.466 e. The van der Waals surface area contributed by atoms with Gasteiger partial charge in [-0.15, -0.1) is 0 Å². The van der Waals surface area contributed by atoms with Gasteiger partial charge in [-0.2, -0.15) is 0 Å². The van der Waals surface area contributed by atoms with E-state index >= 15 is 0 Å². The van der Waals surface area contributed by atoms with Gasteiger partial charge < -0.3 is 15.2 Å². The lowest BCUT2D eigenvalue weighted by atomic mass is 10.1. The fourth-order valence-corrected chi connectivity index (χ4v) is 1.59. The zero-order valence-electron chi connectivity index (χ0n) is 11.9. The maximum absolute atomic E-state index is 12.0. The summed E-state index contributed by atoms with van der Waals surface area (Å²) in [7, 11) is 0. The summed E-state index contributed by atoms with van der Waals surface area (Å²) in [5.41, 5.74) is 0.844. The van der Waals surface area contributed by atoms with E-state index in [4.69, 9.17) is 9.84 Å². The number of aliphatic hydroxyl groups excluding tert-OH is 1. The molecule has 0 aliphatic heterocycles. The first-order chi connectivity index (χ1) is 10.2. The van der Waals surface area contributed by atoms with Crippen molar-refractivity contribution in [2.24, 2.45) is 0 Å². The lowest BCUT2D eigenvalue weighted by Crippen LogP contribution is -2.26. The molecule has 2 N–H and O–H groups in total. The van der Waals surface area contributed by atoms with Crippen LogP contribution in [0.15, 0.2) is 18.5 Å². The molecule has 1 rings (SSSR count). The van der Waals surface area contributed by atoms with E-state index in [1.807, 2.05) is 0 Å². The number of aliphatic hydroxyl groups is 1. The first-order valence-electron chi connectivity index (χ1n) is 6.66. The van der Waals surface area contributed by atoms with E-state index in [0.29, 0.717) is 30.7 Å². The second kappa shape index (κ2) is 9.50. The summed E-state index contributed by atoms with van der Waals surface area (Å²) in [4.78, 5) is 27.1. The number of pyridine rings is 1. The summed E-state index contributed by atoms with van der Waals surface area (Å²) < 4.78 is 4.80. The van der Waals surface area contributed by atoms with Crippen LogP contribution in [0.4, 0.5) is 0 Å². The van der Waals surface area contributed by atoms with Gasteiger partial charge in [-0.1, -0.05) is 11.8 Å². The average Bonchev–Trinajstić information content (AvgIpc) is 2.50. The van der Waals surface area contributed by atoms with Crippen LogP contribution in [0.1, 0.15) is 35.7 Å². The molecule has 0 atom stereocenters. The summed E-state index contributed by atoms with van der Waals surface area (Å²) in [6, 6.07) is 1.56. The fourth-order valence-electron chi connectivity index (χ4n) is 1.59. The molecular weight excluding hydrogens is 272 g/mol. The van der Waals surface area contributed by atoms with E-state index in [2.05, 4.69) is 22.1 Å². The predicted octanol–water partition coefficient (Wildman–Crippen LogP) is 0.498. The number of carbonyl (C=O) groups excluding carboxylic acids is 2. The van der Waals surface area contributed by atoms with Gasteiger partial charge >= 0.3 is 5.97 Å². The second-order valence-corrected chi connectivity index (χ2v) is 4.05. The van der Waals surface area contributed by atoms with Gasteiger partial charge in [0.15, 0.2) is 0 Å². The Morgan fingerprint density at radius 1 is 1.48 bits per heavy atom. The quantitative estimate of drug-likeness (QED) is 0.452. The summed E-state index contributed by atoms with van der Waals surface area (Å²) in [6.45, 7) is 2.19. The molecule has 0 bridgehead atoms. The third-order valence-electron chi connectivity index (χ3n) is 2.52. The molecule has 112 valence electrons. The topological polar surface area (TPSA) is 88.5 Å². The van der Waals surface area contributed by atoms with Crippen molar-refractivity contribution in [1.82, 2.24) is 10.3 Å². The Kier molecular flexibility index (Phi) is 7.54. The van der Waals surface area contributed by atoms with Crippen molar-refractivity contribution in [3.8, 4) is 11.8 Å². The van der Waals surface area contributed by atoms with Crippen molar-refractivity contribution in [2.75, 3.05) is 19.8 Å². The average molecular weight is 290 g/mol. The minimum absolute atomic E-state index is 0.266. The monoisotopic (exact) mass is 290 g/mol. The van der Waals surface area contributed by atoms with E-state index in [9.17, 15) is 9.59 Å². The Hall–Kier alpha value is -2.39. The van der Waals surface area contributed by atoms with Crippen LogP contribution in [0.25, 0.3) is 0 Å². The van der Waals surface area contributed by atoms with E-state index in [-0.39, 0.29) is 24.9 Å². The van der Waals surface area contributed by atoms with Crippen LogP contribution in [0.5, 0.6) is 0 Å². The van der Waals surface area contributed by atoms with Crippen molar-refractivity contribution in [1.29, 1.82) is 0 Å². The summed E-state index contributed by atoms with van der Waals surface area (Å²) >= 11 is 0. The minimum Gasteiger partial charge on any atom is -0.466 e. The zero-order valence-corrected chi connectivity index (χ0v) is 11.9. The molecular formula is C15H18N2O4. The molecule has 0 radical (unpaired) electrons. The fraction of sp³-hybridized carbons (Fsp3) is 0.400. The van der Waals surface area contributed by atoms with Gasteiger partial charge in [0, 0.05) is 25.4 Å². The number of nitrogens with zero attached hydrogens (tertiary/aromatic N) is 1. The van der Waals surface area contributed by atoms with Crippen LogP contribution < -0.4 is 5.32 Å². The molecule has 0 aliphatic rings. The number of esters is 1. The number of amides is 1. The van der Waals surface area contributed by atoms with E-state index in [0.717, 1.165) is 0 Å². The highest BCUT2D eigenvalue weighted by Gasteiger charge is 2.10. The Morgan fingerprint density at radius 3 is 3.00 bits per heavy atom. The molecule has 0 saturated carbocycles. The first-order valence-corrected chi connectivity index (χ1v) is 6.66. The van der Waals surface area contributed by atoms with Crippen LogP contribution >= 0.6 is 0 Å². The van der Waals surface area contributed by atoms with Crippen LogP contribution in [0, 0.1) is 11.8 Å². The Labute approximate surface area is 123 Å². The molecule has 0 saturated heterocycles. The number of carbonyl (C=O) groups is 2. The van der Waals surface area contributed by atoms with E-state index < -0.39 is 0 Å². The maximum atomic E-state index is 12.0. The smallest absolute Gasteiger partial charge is 0.305 e. The number of rotatable bonds is 6. The SMILES string of the molecule is CCOC(=O)CCCNC(=O)c1ccncc1C#CCO. The predicted molar refractivity (Wildman–Crippen MR) is 76.4 cm³/mol. The third-order valence-corrected chi connectivity index (χ3v) is 2.52. The minimum atomic E-state index is -0.288. The van der Waals surface area contributed by atoms with Gasteiger partial charge in [0.1, 0.15) is 6.61 Å². The number of ether oxygens (including phenoxy) is 1. The van der Waals surface area contributed by atoms with Gasteiger partial charge in [-0.05, 0) is 19.4 Å². The molecule has 1 aromatic heterocycles. The van der Waals surface area contributed by atoms with Gasteiger partial charge in [0.05, 0.1) is 17.7 Å². The Morgan fingerprint density at radius 2 is 2.29 bits per heavy atom. The van der Waals surface area contributed by atoms with Crippen molar-refractivity contribution < 1.29 is 19.4 Å². The van der Waals surface area contributed by atoms with Crippen LogP contribution in [-0.2, 0) is 9.53 Å². The van der Waals surface area contributed by atoms with Crippen LogP contribution in [-0.4, -0.2) is 41.7 Å². The van der Waals surface area contributed by atoms with Crippen molar-refractivity contribution in [2.45, 2.75) is 19.8 Å². The second-order valence-electron chi connectivity index (χ2n) is 4.05. The molecule has 0 aliphatic carbocycles. The van der Waals surface area contributed by atoms with Gasteiger partial charge in [-0.25, -0.2) is 0 Å². The van der Waals surface area contributed by atoms with Crippen LogP contribution in [0.2, 0.25) is 0 Å². The van der Waals surface area contributed by atoms with Crippen molar-refractivity contribution >= 4 is 11.9 Å². The molecule has 1 aromatic rings. The lowest BCUT2D eigenvalue weighted by molar-refractivity contribution is -0.143. The molecule has 1 heterocycles. The van der Waals surface area contributed by atoms with Crippen LogP contribution in [0.3, 0.4) is 0 Å². The molecule has 6 nitrogen and oxygen atoms in total. The van der Waals surface area contributed by atoms with Gasteiger partial charge in [-0.3, -0.25) is 14.6 Å². The van der Waals surface area contributed by atoms with Crippen molar-refractivity contribution in [3.63, 3.8) is 0 Å². The highest BCUT2D eigenvalue weighted by Crippen LogP contribution is 2.05. The maximum Gasteiger partial charge on any atom is 0.305 e. The number of aromatic nitrogens is 1.